The van der Waals surface area contributed by atoms with Crippen LogP contribution < -0.4 is 4.74 Å². The van der Waals surface area contributed by atoms with Crippen molar-refractivity contribution in [2.24, 2.45) is 5.41 Å². The highest BCUT2D eigenvalue weighted by Gasteiger charge is 2.31. The summed E-state index contributed by atoms with van der Waals surface area (Å²) in [5.41, 5.74) is 0.882. The van der Waals surface area contributed by atoms with Crippen molar-refractivity contribution in [3.63, 3.8) is 0 Å². The molecule has 0 radical (unpaired) electrons. The summed E-state index contributed by atoms with van der Waals surface area (Å²) in [7, 11) is -3.53. The first-order valence-electron chi connectivity index (χ1n) is 8.70. The third-order valence-corrected chi connectivity index (χ3v) is 6.47. The van der Waals surface area contributed by atoms with Crippen LogP contribution in [0.3, 0.4) is 0 Å². The molecule has 1 fully saturated rings. The first kappa shape index (κ1) is 18.2. The Kier molecular flexibility index (Phi) is 4.81. The summed E-state index contributed by atoms with van der Waals surface area (Å²) in [4.78, 5) is 14.4. The Morgan fingerprint density at radius 3 is 2.48 bits per heavy atom. The van der Waals surface area contributed by atoms with E-state index in [0.717, 1.165) is 17.7 Å². The van der Waals surface area contributed by atoms with Gasteiger partial charge in [0.05, 0.1) is 11.5 Å². The zero-order valence-electron chi connectivity index (χ0n) is 15.1. The van der Waals surface area contributed by atoms with Crippen LogP contribution in [-0.2, 0) is 21.2 Å². The van der Waals surface area contributed by atoms with Gasteiger partial charge in [0, 0.05) is 39.0 Å². The molecule has 0 aliphatic carbocycles. The van der Waals surface area contributed by atoms with Crippen LogP contribution in [0.1, 0.15) is 32.8 Å². The number of rotatable bonds is 3. The van der Waals surface area contributed by atoms with Crippen molar-refractivity contribution in [2.75, 3.05) is 32.8 Å². The molecule has 0 unspecified atom stereocenters. The largest absolute Gasteiger partial charge is 0.493 e. The van der Waals surface area contributed by atoms with Gasteiger partial charge in [0.1, 0.15) is 5.75 Å². The number of hydrogen-bond donors (Lipinski definition) is 0. The van der Waals surface area contributed by atoms with E-state index < -0.39 is 10.0 Å². The van der Waals surface area contributed by atoms with Gasteiger partial charge in [0.2, 0.25) is 15.9 Å². The van der Waals surface area contributed by atoms with Gasteiger partial charge in [0.15, 0.2) is 0 Å². The molecule has 25 heavy (non-hydrogen) atoms. The second kappa shape index (κ2) is 6.61. The smallest absolute Gasteiger partial charge is 0.243 e. The molecule has 2 heterocycles. The summed E-state index contributed by atoms with van der Waals surface area (Å²) in [5.74, 6) is 0.871. The molecule has 0 spiro atoms. The maximum Gasteiger partial charge on any atom is 0.243 e. The van der Waals surface area contributed by atoms with Crippen molar-refractivity contribution in [3.8, 4) is 5.75 Å². The van der Waals surface area contributed by atoms with Crippen molar-refractivity contribution < 1.29 is 17.9 Å². The topological polar surface area (TPSA) is 66.9 Å². The zero-order valence-corrected chi connectivity index (χ0v) is 15.9. The molecule has 138 valence electrons. The van der Waals surface area contributed by atoms with Gasteiger partial charge in [-0.15, -0.1) is 0 Å². The Labute approximate surface area is 149 Å². The van der Waals surface area contributed by atoms with E-state index >= 15 is 0 Å². The number of amides is 1. The molecule has 1 saturated heterocycles. The van der Waals surface area contributed by atoms with E-state index in [1.165, 1.54) is 4.31 Å². The number of fused-ring (bicyclic) bond motifs is 1. The van der Waals surface area contributed by atoms with Gasteiger partial charge in [-0.1, -0.05) is 20.8 Å². The Bertz CT molecular complexity index is 760. The van der Waals surface area contributed by atoms with Crippen LogP contribution in [0.4, 0.5) is 0 Å². The predicted octanol–water partition coefficient (Wildman–Crippen LogP) is 1.89. The second-order valence-corrected chi connectivity index (χ2v) is 9.83. The fourth-order valence-corrected chi connectivity index (χ4v) is 4.69. The third kappa shape index (κ3) is 3.98. The maximum absolute atomic E-state index is 12.9. The standard InChI is InChI=1S/C18H26N2O4S/c1-18(2,3)13-17(21)19-7-9-20(10-8-19)25(22,23)15-4-5-16-14(12-15)6-11-24-16/h4-5,12H,6-11,13H2,1-3H3. The number of sulfonamides is 1. The minimum atomic E-state index is -3.53. The predicted molar refractivity (Wildman–Crippen MR) is 95.1 cm³/mol. The lowest BCUT2D eigenvalue weighted by Gasteiger charge is -2.35. The summed E-state index contributed by atoms with van der Waals surface area (Å²) in [6, 6.07) is 5.06. The van der Waals surface area contributed by atoms with Crippen LogP contribution in [-0.4, -0.2) is 56.3 Å². The quantitative estimate of drug-likeness (QED) is 0.819. The number of carbonyl (C=O) groups is 1. The first-order chi connectivity index (χ1) is 11.7. The highest BCUT2D eigenvalue weighted by atomic mass is 32.2. The number of ether oxygens (including phenoxy) is 1. The van der Waals surface area contributed by atoms with E-state index in [1.54, 1.807) is 23.1 Å². The van der Waals surface area contributed by atoms with E-state index in [9.17, 15) is 13.2 Å². The molecule has 1 aromatic carbocycles. The molecular formula is C18H26N2O4S. The van der Waals surface area contributed by atoms with E-state index in [-0.39, 0.29) is 11.3 Å². The summed E-state index contributed by atoms with van der Waals surface area (Å²) >= 11 is 0. The van der Waals surface area contributed by atoms with Gasteiger partial charge in [-0.05, 0) is 29.2 Å². The van der Waals surface area contributed by atoms with Crippen LogP contribution in [0.5, 0.6) is 5.75 Å². The van der Waals surface area contributed by atoms with Crippen molar-refractivity contribution in [1.82, 2.24) is 9.21 Å². The van der Waals surface area contributed by atoms with Crippen molar-refractivity contribution in [3.05, 3.63) is 23.8 Å². The molecule has 3 rings (SSSR count). The molecule has 1 aromatic rings. The average molecular weight is 366 g/mol. The number of hydrogen-bond acceptors (Lipinski definition) is 4. The van der Waals surface area contributed by atoms with Crippen LogP contribution in [0.2, 0.25) is 0 Å². The summed E-state index contributed by atoms with van der Waals surface area (Å²) in [6.07, 6.45) is 1.22. The highest BCUT2D eigenvalue weighted by Crippen LogP contribution is 2.29. The van der Waals surface area contributed by atoms with Gasteiger partial charge < -0.3 is 9.64 Å². The van der Waals surface area contributed by atoms with Crippen molar-refractivity contribution >= 4 is 15.9 Å². The Morgan fingerprint density at radius 1 is 1.16 bits per heavy atom. The molecule has 1 amide bonds. The number of benzene rings is 1. The van der Waals surface area contributed by atoms with Gasteiger partial charge in [0.25, 0.3) is 0 Å². The summed E-state index contributed by atoms with van der Waals surface area (Å²) in [6.45, 7) is 8.27. The molecule has 0 bridgehead atoms. The highest BCUT2D eigenvalue weighted by molar-refractivity contribution is 7.89. The molecule has 6 nitrogen and oxygen atoms in total. The molecule has 0 saturated carbocycles. The lowest BCUT2D eigenvalue weighted by Crippen LogP contribution is -2.51. The van der Waals surface area contributed by atoms with E-state index in [4.69, 9.17) is 4.74 Å². The van der Waals surface area contributed by atoms with Gasteiger partial charge >= 0.3 is 0 Å². The van der Waals surface area contributed by atoms with E-state index in [0.29, 0.717) is 44.1 Å². The number of piperazine rings is 1. The SMILES string of the molecule is CC(C)(C)CC(=O)N1CCN(S(=O)(=O)c2ccc3c(c2)CCO3)CC1. The van der Waals surface area contributed by atoms with E-state index in [2.05, 4.69) is 0 Å². The van der Waals surface area contributed by atoms with Crippen LogP contribution in [0.25, 0.3) is 0 Å². The van der Waals surface area contributed by atoms with Crippen LogP contribution >= 0.6 is 0 Å². The monoisotopic (exact) mass is 366 g/mol. The van der Waals surface area contributed by atoms with Gasteiger partial charge in [-0.3, -0.25) is 4.79 Å². The zero-order chi connectivity index (χ0) is 18.2. The lowest BCUT2D eigenvalue weighted by molar-refractivity contribution is -0.134. The van der Waals surface area contributed by atoms with Crippen LogP contribution in [0, 0.1) is 5.41 Å². The maximum atomic E-state index is 12.9. The Hall–Kier alpha value is -1.60. The molecule has 2 aliphatic heterocycles. The van der Waals surface area contributed by atoms with E-state index in [1.807, 2.05) is 20.8 Å². The first-order valence-corrected chi connectivity index (χ1v) is 10.1. The fraction of sp³-hybridized carbons (Fsp3) is 0.611. The number of nitrogens with zero attached hydrogens (tertiary/aromatic N) is 2. The van der Waals surface area contributed by atoms with Crippen molar-refractivity contribution in [2.45, 2.75) is 38.5 Å². The molecule has 0 atom stereocenters. The average Bonchev–Trinajstić information content (AvgIpc) is 3.01. The second-order valence-electron chi connectivity index (χ2n) is 7.89. The Morgan fingerprint density at radius 2 is 1.84 bits per heavy atom. The summed E-state index contributed by atoms with van der Waals surface area (Å²) < 4.78 is 32.7. The molecule has 0 aromatic heterocycles. The fourth-order valence-electron chi connectivity index (χ4n) is 3.22. The Balaban J connectivity index is 1.67. The third-order valence-electron chi connectivity index (χ3n) is 4.57. The molecule has 7 heteroatoms. The number of carbonyl (C=O) groups excluding carboxylic acids is 1. The lowest BCUT2D eigenvalue weighted by atomic mass is 9.91. The minimum Gasteiger partial charge on any atom is -0.493 e. The van der Waals surface area contributed by atoms with Gasteiger partial charge in [-0.2, -0.15) is 4.31 Å². The summed E-state index contributed by atoms with van der Waals surface area (Å²) in [5, 5.41) is 0. The molecule has 2 aliphatic rings. The minimum absolute atomic E-state index is 0.0627. The molecule has 0 N–H and O–H groups in total. The van der Waals surface area contributed by atoms with Gasteiger partial charge in [-0.25, -0.2) is 8.42 Å². The van der Waals surface area contributed by atoms with Crippen LogP contribution in [0.15, 0.2) is 23.1 Å². The normalized spacial score (nSPS) is 18.8. The van der Waals surface area contributed by atoms with Crippen molar-refractivity contribution in [1.29, 1.82) is 0 Å². The molecular weight excluding hydrogens is 340 g/mol.